The van der Waals surface area contributed by atoms with E-state index in [1.165, 1.54) is 18.2 Å². The summed E-state index contributed by atoms with van der Waals surface area (Å²) in [5.41, 5.74) is 6.48. The van der Waals surface area contributed by atoms with Crippen LogP contribution in [-0.4, -0.2) is 10.1 Å². The van der Waals surface area contributed by atoms with Gasteiger partial charge < -0.3 is 10.5 Å². The molecule has 0 aromatic heterocycles. The quantitative estimate of drug-likeness (QED) is 0.361. The zero-order valence-electron chi connectivity index (χ0n) is 11.9. The summed E-state index contributed by atoms with van der Waals surface area (Å²) in [5, 5.41) is 18.5. The molecule has 6 nitrogen and oxygen atoms in total. The minimum absolute atomic E-state index is 0.000849. The highest BCUT2D eigenvalue weighted by Crippen LogP contribution is 2.33. The Morgan fingerprint density at radius 1 is 1.35 bits per heavy atom. The van der Waals surface area contributed by atoms with Gasteiger partial charge in [-0.3, -0.25) is 15.5 Å². The second-order valence-corrected chi connectivity index (χ2v) is 6.01. The molecule has 23 heavy (non-hydrogen) atoms. The number of nitrogens with two attached hydrogens (primary N) is 1. The molecule has 0 spiro atoms. The van der Waals surface area contributed by atoms with Gasteiger partial charge in [-0.05, 0) is 25.1 Å². The fraction of sp³-hybridized carbons (Fsp3) is 0.0667. The molecule has 0 amide bonds. The summed E-state index contributed by atoms with van der Waals surface area (Å²) in [6, 6.07) is 9.30. The van der Waals surface area contributed by atoms with E-state index in [0.29, 0.717) is 27.8 Å². The molecule has 2 aromatic rings. The largest absolute Gasteiger partial charge is 0.457 e. The summed E-state index contributed by atoms with van der Waals surface area (Å²) < 4.78 is 5.79. The van der Waals surface area contributed by atoms with E-state index in [9.17, 15) is 10.1 Å². The Kier molecular flexibility index (Phi) is 5.46. The molecule has 0 aliphatic heterocycles. The first kappa shape index (κ1) is 17.1. The number of thioether (sulfide) groups is 1. The molecule has 1 radical (unpaired) electrons. The van der Waals surface area contributed by atoms with E-state index in [2.05, 4.69) is 6.92 Å². The van der Waals surface area contributed by atoms with Crippen molar-refractivity contribution in [3.63, 3.8) is 0 Å². The summed E-state index contributed by atoms with van der Waals surface area (Å²) in [4.78, 5) is 10.3. The number of amidine groups is 1. The molecule has 0 aliphatic rings. The molecule has 2 rings (SSSR count). The van der Waals surface area contributed by atoms with Gasteiger partial charge in [0.25, 0.3) is 5.69 Å². The number of hydrogen-bond donors (Lipinski definition) is 2. The zero-order valence-corrected chi connectivity index (χ0v) is 13.5. The zero-order chi connectivity index (χ0) is 17.0. The van der Waals surface area contributed by atoms with Crippen LogP contribution in [0.5, 0.6) is 11.5 Å². The minimum atomic E-state index is -0.493. The Labute approximate surface area is 142 Å². The first-order valence-corrected chi connectivity index (χ1v) is 7.76. The Morgan fingerprint density at radius 2 is 2.09 bits per heavy atom. The molecule has 0 fully saturated rings. The predicted octanol–water partition coefficient (Wildman–Crippen LogP) is 4.35. The summed E-state index contributed by atoms with van der Waals surface area (Å²) in [5.74, 6) is 1.33. The summed E-state index contributed by atoms with van der Waals surface area (Å²) >= 11 is 7.15. The van der Waals surface area contributed by atoms with Crippen molar-refractivity contribution in [2.24, 2.45) is 5.73 Å². The maximum atomic E-state index is 10.8. The van der Waals surface area contributed by atoms with Gasteiger partial charge in [0.05, 0.1) is 4.92 Å². The summed E-state index contributed by atoms with van der Waals surface area (Å²) in [6.45, 7) is 3.76. The van der Waals surface area contributed by atoms with Crippen molar-refractivity contribution in [2.45, 2.75) is 5.75 Å². The van der Waals surface area contributed by atoms with Gasteiger partial charge in [0.2, 0.25) is 0 Å². The predicted molar refractivity (Wildman–Crippen MR) is 92.3 cm³/mol. The van der Waals surface area contributed by atoms with Crippen LogP contribution in [-0.2, 0) is 5.75 Å². The topological polar surface area (TPSA) is 102 Å². The van der Waals surface area contributed by atoms with Crippen LogP contribution in [0.2, 0.25) is 5.02 Å². The van der Waals surface area contributed by atoms with Crippen LogP contribution in [0, 0.1) is 22.4 Å². The Hall–Kier alpha value is -2.25. The Balaban J connectivity index is 2.30. The van der Waals surface area contributed by atoms with E-state index in [4.69, 9.17) is 27.5 Å². The van der Waals surface area contributed by atoms with Crippen LogP contribution < -0.4 is 10.5 Å². The summed E-state index contributed by atoms with van der Waals surface area (Å²) in [7, 11) is 0. The normalized spacial score (nSPS) is 10.3. The number of nitrogens with one attached hydrogen (secondary N) is 1. The van der Waals surface area contributed by atoms with Crippen LogP contribution in [0.3, 0.4) is 0 Å². The number of nitro groups is 1. The van der Waals surface area contributed by atoms with Gasteiger partial charge in [-0.1, -0.05) is 29.4 Å². The van der Waals surface area contributed by atoms with Crippen molar-refractivity contribution in [3.8, 4) is 11.5 Å². The van der Waals surface area contributed by atoms with Crippen LogP contribution in [0.4, 0.5) is 5.69 Å². The highest BCUT2D eigenvalue weighted by molar-refractivity contribution is 8.13. The number of rotatable bonds is 5. The van der Waals surface area contributed by atoms with Crippen LogP contribution >= 0.6 is 23.4 Å². The molecule has 0 heterocycles. The minimum Gasteiger partial charge on any atom is -0.457 e. The monoisotopic (exact) mass is 350 g/mol. The van der Waals surface area contributed by atoms with E-state index in [-0.39, 0.29) is 10.9 Å². The van der Waals surface area contributed by atoms with Crippen molar-refractivity contribution < 1.29 is 9.66 Å². The molecular weight excluding hydrogens is 338 g/mol. The third kappa shape index (κ3) is 4.61. The standard InChI is InChI=1S/C15H13ClN3O3S/c1-9-6-12(19(20)21)4-5-13(9)22-14-7-11(16)3-2-10(14)8-23-15(17)18/h2-7H,1,8H2,(H3,17,18). The van der Waals surface area contributed by atoms with Crippen LogP contribution in [0.15, 0.2) is 36.4 Å². The lowest BCUT2D eigenvalue weighted by atomic mass is 10.2. The first-order chi connectivity index (χ1) is 10.9. The highest BCUT2D eigenvalue weighted by Gasteiger charge is 2.12. The molecule has 3 N–H and O–H groups in total. The molecular formula is C15H13ClN3O3S. The first-order valence-electron chi connectivity index (χ1n) is 6.40. The maximum absolute atomic E-state index is 10.8. The van der Waals surface area contributed by atoms with E-state index < -0.39 is 4.92 Å². The fourth-order valence-electron chi connectivity index (χ4n) is 1.80. The Morgan fingerprint density at radius 3 is 2.70 bits per heavy atom. The number of benzene rings is 2. The van der Waals surface area contributed by atoms with Crippen molar-refractivity contribution in [1.82, 2.24) is 0 Å². The van der Waals surface area contributed by atoms with Gasteiger partial charge in [-0.2, -0.15) is 0 Å². The molecule has 2 aromatic carbocycles. The number of non-ortho nitro benzene ring substituents is 1. The van der Waals surface area contributed by atoms with Crippen molar-refractivity contribution >= 4 is 34.2 Å². The number of ether oxygens (including phenoxy) is 1. The van der Waals surface area contributed by atoms with E-state index in [1.54, 1.807) is 18.2 Å². The maximum Gasteiger partial charge on any atom is 0.269 e. The van der Waals surface area contributed by atoms with Crippen molar-refractivity contribution in [2.75, 3.05) is 0 Å². The molecule has 0 unspecified atom stereocenters. The van der Waals surface area contributed by atoms with Crippen LogP contribution in [0.1, 0.15) is 11.1 Å². The van der Waals surface area contributed by atoms with Crippen molar-refractivity contribution in [1.29, 1.82) is 5.41 Å². The van der Waals surface area contributed by atoms with Gasteiger partial charge in [-0.25, -0.2) is 0 Å². The molecule has 0 saturated carbocycles. The SMILES string of the molecule is [CH2]c1cc([N+](=O)[O-])ccc1Oc1cc(Cl)ccc1CSC(=N)N. The van der Waals surface area contributed by atoms with Gasteiger partial charge in [0.15, 0.2) is 5.17 Å². The van der Waals surface area contributed by atoms with E-state index in [0.717, 1.165) is 17.3 Å². The molecule has 0 bridgehead atoms. The third-order valence-corrected chi connectivity index (χ3v) is 3.89. The second kappa shape index (κ2) is 7.34. The van der Waals surface area contributed by atoms with E-state index in [1.807, 2.05) is 0 Å². The number of nitrogens with zero attached hydrogens (tertiary/aromatic N) is 1. The molecule has 8 heteroatoms. The number of halogens is 1. The number of hydrogen-bond acceptors (Lipinski definition) is 5. The lowest BCUT2D eigenvalue weighted by Crippen LogP contribution is -2.04. The van der Waals surface area contributed by atoms with Gasteiger partial charge in [0.1, 0.15) is 11.5 Å². The lowest BCUT2D eigenvalue weighted by molar-refractivity contribution is -0.384. The fourth-order valence-corrected chi connectivity index (χ4v) is 2.51. The van der Waals surface area contributed by atoms with Gasteiger partial charge in [0, 0.05) is 34.0 Å². The smallest absolute Gasteiger partial charge is 0.269 e. The number of nitro benzene ring substituents is 1. The average Bonchev–Trinajstić information content (AvgIpc) is 2.48. The second-order valence-electron chi connectivity index (χ2n) is 4.56. The van der Waals surface area contributed by atoms with Gasteiger partial charge in [-0.15, -0.1) is 0 Å². The Bertz CT molecular complexity index is 768. The van der Waals surface area contributed by atoms with E-state index >= 15 is 0 Å². The molecule has 119 valence electrons. The lowest BCUT2D eigenvalue weighted by Gasteiger charge is -2.13. The van der Waals surface area contributed by atoms with Gasteiger partial charge >= 0.3 is 0 Å². The average molecular weight is 351 g/mol. The van der Waals surface area contributed by atoms with Crippen molar-refractivity contribution in [3.05, 3.63) is 69.6 Å². The molecule has 0 atom stereocenters. The summed E-state index contributed by atoms with van der Waals surface area (Å²) in [6.07, 6.45) is 0. The van der Waals surface area contributed by atoms with Crippen LogP contribution in [0.25, 0.3) is 0 Å². The molecule has 0 aliphatic carbocycles. The highest BCUT2D eigenvalue weighted by atomic mass is 35.5. The molecule has 0 saturated heterocycles. The third-order valence-electron chi connectivity index (χ3n) is 2.89.